The summed E-state index contributed by atoms with van der Waals surface area (Å²) in [7, 11) is 1.57. The molecule has 2 rings (SSSR count). The van der Waals surface area contributed by atoms with Crippen LogP contribution in [0.1, 0.15) is 48.9 Å². The number of hydrogen-bond acceptors (Lipinski definition) is 3. The largest absolute Gasteiger partial charge is 0.497 e. The maximum Gasteiger partial charge on any atom is 0.251 e. The van der Waals surface area contributed by atoms with Crippen LogP contribution in [0.3, 0.4) is 0 Å². The standard InChI is InChI=1S/C16H24N2O2/c1-20-15-10-13(9-14(17)11-15)16(19)18-8-7-12-5-3-2-4-6-12/h9-12H,2-8,17H2,1H3,(H,18,19). The van der Waals surface area contributed by atoms with E-state index in [4.69, 9.17) is 10.5 Å². The highest BCUT2D eigenvalue weighted by Crippen LogP contribution is 2.25. The summed E-state index contributed by atoms with van der Waals surface area (Å²) >= 11 is 0. The van der Waals surface area contributed by atoms with Crippen molar-refractivity contribution in [1.29, 1.82) is 0 Å². The Bertz CT molecular complexity index is 454. The van der Waals surface area contributed by atoms with Gasteiger partial charge in [0.1, 0.15) is 5.75 Å². The van der Waals surface area contributed by atoms with Crippen LogP contribution in [0.25, 0.3) is 0 Å². The predicted octanol–water partition coefficient (Wildman–Crippen LogP) is 2.98. The number of rotatable bonds is 5. The molecule has 1 aromatic carbocycles. The molecule has 1 aliphatic carbocycles. The third-order valence-corrected chi connectivity index (χ3v) is 3.99. The maximum atomic E-state index is 12.1. The first-order valence-electron chi connectivity index (χ1n) is 7.42. The molecule has 0 saturated heterocycles. The second-order valence-electron chi connectivity index (χ2n) is 5.54. The molecule has 1 aliphatic rings. The SMILES string of the molecule is COc1cc(N)cc(C(=O)NCCC2CCCCC2)c1. The number of carbonyl (C=O) groups is 1. The Kier molecular flexibility index (Phi) is 5.27. The minimum absolute atomic E-state index is 0.0774. The van der Waals surface area contributed by atoms with Gasteiger partial charge in [0.15, 0.2) is 0 Å². The van der Waals surface area contributed by atoms with Crippen molar-refractivity contribution < 1.29 is 9.53 Å². The molecule has 1 amide bonds. The van der Waals surface area contributed by atoms with Gasteiger partial charge in [0.2, 0.25) is 0 Å². The summed E-state index contributed by atoms with van der Waals surface area (Å²) in [4.78, 5) is 12.1. The van der Waals surface area contributed by atoms with Crippen LogP contribution >= 0.6 is 0 Å². The number of nitrogens with one attached hydrogen (secondary N) is 1. The summed E-state index contributed by atoms with van der Waals surface area (Å²) in [6, 6.07) is 5.10. The predicted molar refractivity (Wildman–Crippen MR) is 80.9 cm³/mol. The molecule has 1 fully saturated rings. The molecule has 4 heteroatoms. The Labute approximate surface area is 120 Å². The molecular formula is C16H24N2O2. The first-order valence-corrected chi connectivity index (χ1v) is 7.42. The third kappa shape index (κ3) is 4.15. The Morgan fingerprint density at radius 2 is 2.05 bits per heavy atom. The molecule has 0 unspecified atom stereocenters. The van der Waals surface area contributed by atoms with E-state index in [1.807, 2.05) is 0 Å². The van der Waals surface area contributed by atoms with Crippen LogP contribution in [0, 0.1) is 5.92 Å². The lowest BCUT2D eigenvalue weighted by Gasteiger charge is -2.21. The molecule has 0 atom stereocenters. The summed E-state index contributed by atoms with van der Waals surface area (Å²) < 4.78 is 5.13. The molecule has 0 aliphatic heterocycles. The zero-order chi connectivity index (χ0) is 14.4. The Morgan fingerprint density at radius 1 is 1.30 bits per heavy atom. The number of carbonyl (C=O) groups excluding carboxylic acids is 1. The van der Waals surface area contributed by atoms with Crippen LogP contribution in [-0.4, -0.2) is 19.6 Å². The van der Waals surface area contributed by atoms with Gasteiger partial charge in [0.25, 0.3) is 5.91 Å². The van der Waals surface area contributed by atoms with Crippen molar-refractivity contribution in [3.05, 3.63) is 23.8 Å². The molecule has 1 saturated carbocycles. The van der Waals surface area contributed by atoms with Gasteiger partial charge in [0.05, 0.1) is 7.11 Å². The summed E-state index contributed by atoms with van der Waals surface area (Å²) in [6.45, 7) is 0.737. The Hall–Kier alpha value is -1.71. The summed E-state index contributed by atoms with van der Waals surface area (Å²) in [5.41, 5.74) is 6.86. The number of hydrogen-bond donors (Lipinski definition) is 2. The number of ether oxygens (including phenoxy) is 1. The molecule has 0 bridgehead atoms. The van der Waals surface area contributed by atoms with Gasteiger partial charge in [-0.3, -0.25) is 4.79 Å². The Morgan fingerprint density at radius 3 is 2.75 bits per heavy atom. The van der Waals surface area contributed by atoms with Crippen LogP contribution in [0.15, 0.2) is 18.2 Å². The fourth-order valence-corrected chi connectivity index (χ4v) is 2.84. The first-order chi connectivity index (χ1) is 9.69. The summed E-state index contributed by atoms with van der Waals surface area (Å²) in [5, 5.41) is 2.97. The van der Waals surface area contributed by atoms with E-state index in [9.17, 15) is 4.79 Å². The number of benzene rings is 1. The van der Waals surface area contributed by atoms with Crippen LogP contribution in [0.5, 0.6) is 5.75 Å². The third-order valence-electron chi connectivity index (χ3n) is 3.99. The van der Waals surface area contributed by atoms with E-state index in [2.05, 4.69) is 5.32 Å². The van der Waals surface area contributed by atoms with Crippen molar-refractivity contribution in [1.82, 2.24) is 5.32 Å². The van der Waals surface area contributed by atoms with Crippen LogP contribution in [0.2, 0.25) is 0 Å². The van der Waals surface area contributed by atoms with Gasteiger partial charge in [-0.1, -0.05) is 32.1 Å². The fraction of sp³-hybridized carbons (Fsp3) is 0.562. The molecule has 0 radical (unpaired) electrons. The van der Waals surface area contributed by atoms with Gasteiger partial charge < -0.3 is 15.8 Å². The van der Waals surface area contributed by atoms with Crippen molar-refractivity contribution in [2.45, 2.75) is 38.5 Å². The number of anilines is 1. The van der Waals surface area contributed by atoms with Gasteiger partial charge in [-0.05, 0) is 24.5 Å². The summed E-state index contributed by atoms with van der Waals surface area (Å²) in [6.07, 6.45) is 7.73. The highest BCUT2D eigenvalue weighted by Gasteiger charge is 2.14. The monoisotopic (exact) mass is 276 g/mol. The highest BCUT2D eigenvalue weighted by atomic mass is 16.5. The van der Waals surface area contributed by atoms with E-state index in [0.29, 0.717) is 17.0 Å². The zero-order valence-corrected chi connectivity index (χ0v) is 12.2. The first kappa shape index (κ1) is 14.7. The van der Waals surface area contributed by atoms with Crippen LogP contribution in [-0.2, 0) is 0 Å². The van der Waals surface area contributed by atoms with E-state index in [-0.39, 0.29) is 5.91 Å². The minimum atomic E-state index is -0.0774. The van der Waals surface area contributed by atoms with Crippen molar-refractivity contribution in [3.63, 3.8) is 0 Å². The van der Waals surface area contributed by atoms with Crippen molar-refractivity contribution >= 4 is 11.6 Å². The number of methoxy groups -OCH3 is 1. The molecule has 110 valence electrons. The minimum Gasteiger partial charge on any atom is -0.497 e. The molecular weight excluding hydrogens is 252 g/mol. The quantitative estimate of drug-likeness (QED) is 0.813. The van der Waals surface area contributed by atoms with Crippen molar-refractivity contribution in [2.24, 2.45) is 5.92 Å². The molecule has 0 spiro atoms. The molecule has 20 heavy (non-hydrogen) atoms. The second-order valence-corrected chi connectivity index (χ2v) is 5.54. The number of nitrogens with two attached hydrogens (primary N) is 1. The van der Waals surface area contributed by atoms with Crippen molar-refractivity contribution in [2.75, 3.05) is 19.4 Å². The smallest absolute Gasteiger partial charge is 0.251 e. The lowest BCUT2D eigenvalue weighted by molar-refractivity contribution is 0.0950. The molecule has 3 N–H and O–H groups in total. The van der Waals surface area contributed by atoms with Gasteiger partial charge in [-0.2, -0.15) is 0 Å². The van der Waals surface area contributed by atoms with Gasteiger partial charge in [-0.25, -0.2) is 0 Å². The van der Waals surface area contributed by atoms with E-state index >= 15 is 0 Å². The molecule has 0 aromatic heterocycles. The fourth-order valence-electron chi connectivity index (χ4n) is 2.84. The molecule has 1 aromatic rings. The highest BCUT2D eigenvalue weighted by molar-refractivity contribution is 5.95. The molecule has 4 nitrogen and oxygen atoms in total. The topological polar surface area (TPSA) is 64.3 Å². The van der Waals surface area contributed by atoms with Crippen LogP contribution < -0.4 is 15.8 Å². The average Bonchev–Trinajstić information content (AvgIpc) is 2.47. The zero-order valence-electron chi connectivity index (χ0n) is 12.2. The lowest BCUT2D eigenvalue weighted by Crippen LogP contribution is -2.26. The van der Waals surface area contributed by atoms with Crippen LogP contribution in [0.4, 0.5) is 5.69 Å². The normalized spacial score (nSPS) is 15.8. The number of amides is 1. The van der Waals surface area contributed by atoms with Gasteiger partial charge in [-0.15, -0.1) is 0 Å². The lowest BCUT2D eigenvalue weighted by atomic mass is 9.87. The van der Waals surface area contributed by atoms with Crippen molar-refractivity contribution in [3.8, 4) is 5.75 Å². The average molecular weight is 276 g/mol. The van der Waals surface area contributed by atoms with E-state index < -0.39 is 0 Å². The van der Waals surface area contributed by atoms with E-state index in [1.54, 1.807) is 25.3 Å². The van der Waals surface area contributed by atoms with E-state index in [1.165, 1.54) is 32.1 Å². The number of nitrogen functional groups attached to an aromatic ring is 1. The van der Waals surface area contributed by atoms with Gasteiger partial charge in [0, 0.05) is 23.9 Å². The van der Waals surface area contributed by atoms with Gasteiger partial charge >= 0.3 is 0 Å². The Balaban J connectivity index is 1.83. The summed E-state index contributed by atoms with van der Waals surface area (Å²) in [5.74, 6) is 1.31. The maximum absolute atomic E-state index is 12.1. The molecule has 0 heterocycles. The van der Waals surface area contributed by atoms with E-state index in [0.717, 1.165) is 18.9 Å². The second kappa shape index (κ2) is 7.17.